The number of benzene rings is 2. The predicted octanol–water partition coefficient (Wildman–Crippen LogP) is 3.45. The molecule has 18 heteroatoms. The first-order chi connectivity index (χ1) is 27.4. The van der Waals surface area contributed by atoms with E-state index in [0.717, 1.165) is 24.2 Å². The summed E-state index contributed by atoms with van der Waals surface area (Å²) >= 11 is 0. The Morgan fingerprint density at radius 1 is 0.719 bits per heavy atom. The van der Waals surface area contributed by atoms with E-state index in [1.54, 1.807) is 51.8 Å². The highest BCUT2D eigenvalue weighted by atomic mass is 16.5. The van der Waals surface area contributed by atoms with Crippen LogP contribution in [0.3, 0.4) is 0 Å². The molecule has 6 N–H and O–H groups in total. The van der Waals surface area contributed by atoms with Crippen LogP contribution in [-0.2, 0) is 37.5 Å². The van der Waals surface area contributed by atoms with Crippen molar-refractivity contribution in [3.8, 4) is 0 Å². The Morgan fingerprint density at radius 2 is 1.26 bits per heavy atom. The molecule has 0 atom stereocenters. The van der Waals surface area contributed by atoms with E-state index in [4.69, 9.17) is 26.2 Å². The lowest BCUT2D eigenvalue weighted by Gasteiger charge is -2.27. The Hall–Kier alpha value is -6.40. The number of fused-ring (bicyclic) bond motifs is 2. The summed E-state index contributed by atoms with van der Waals surface area (Å²) in [5, 5.41) is 14.8. The minimum absolute atomic E-state index is 0.302. The van der Waals surface area contributed by atoms with Crippen LogP contribution in [0.25, 0.3) is 22.1 Å². The van der Waals surface area contributed by atoms with Gasteiger partial charge < -0.3 is 25.3 Å². The number of aromatic nitrogens is 8. The number of carbonyl (C=O) groups is 4. The fourth-order valence-corrected chi connectivity index (χ4v) is 7.35. The number of primary amides is 2. The second-order valence-corrected chi connectivity index (χ2v) is 14.1. The summed E-state index contributed by atoms with van der Waals surface area (Å²) in [6.45, 7) is 12.6. The van der Waals surface area contributed by atoms with Gasteiger partial charge >= 0.3 is 0 Å². The molecular formula is C39H47N13O5. The number of nitrogens with one attached hydrogen (secondary N) is 2. The van der Waals surface area contributed by atoms with E-state index in [0.29, 0.717) is 121 Å². The summed E-state index contributed by atoms with van der Waals surface area (Å²) in [5.41, 5.74) is 17.6. The maximum Gasteiger partial charge on any atom is 0.276 e. The number of morpholine rings is 1. The molecule has 7 rings (SSSR count). The maximum atomic E-state index is 13.8. The Bertz CT molecular complexity index is 2500. The molecule has 298 valence electrons. The summed E-state index contributed by atoms with van der Waals surface area (Å²) < 4.78 is 12.7. The minimum Gasteiger partial charge on any atom is -0.379 e. The van der Waals surface area contributed by atoms with E-state index < -0.39 is 11.8 Å². The molecule has 1 aliphatic rings. The first-order valence-electron chi connectivity index (χ1n) is 19.1. The fraction of sp³-hybridized carbons (Fsp3) is 0.385. The number of unbranched alkanes of at least 4 members (excludes halogenated alkanes) is 1. The third kappa shape index (κ3) is 8.13. The smallest absolute Gasteiger partial charge is 0.276 e. The number of aryl methyl sites for hydroxylation is 6. The number of anilines is 2. The van der Waals surface area contributed by atoms with Crippen molar-refractivity contribution >= 4 is 57.6 Å². The van der Waals surface area contributed by atoms with Crippen LogP contribution in [0.5, 0.6) is 0 Å². The van der Waals surface area contributed by atoms with Crippen molar-refractivity contribution < 1.29 is 23.9 Å². The van der Waals surface area contributed by atoms with Crippen LogP contribution in [0.1, 0.15) is 85.3 Å². The van der Waals surface area contributed by atoms with E-state index in [2.05, 4.69) is 25.7 Å². The van der Waals surface area contributed by atoms with Gasteiger partial charge in [-0.15, -0.1) is 0 Å². The standard InChI is InChI=1S/C39H47N13O5/c1-5-51-31(17-23(3)46-51)36(55)44-38-42-28-20-25(34(40)53)9-10-30(28)49(38)11-7-8-12-50-33-27(22-48-13-15-57-16-14-48)19-26(35(41)54)21-29(33)43-39(50)45-37(56)32-18-24(4)47-52(32)6-2/h9-10,17-21H,5-8,11-16,22H2,1-4H3,(H2,40,53)(H2,41,54)(H,42,44,55)(H,43,45,56). The highest BCUT2D eigenvalue weighted by molar-refractivity contribution is 6.05. The number of rotatable bonds is 15. The molecule has 5 heterocycles. The molecule has 4 aromatic heterocycles. The van der Waals surface area contributed by atoms with Gasteiger partial charge in [0.05, 0.1) is 46.7 Å². The Balaban J connectivity index is 1.21. The Labute approximate surface area is 328 Å². The van der Waals surface area contributed by atoms with E-state index in [1.165, 1.54) is 0 Å². The number of nitrogens with two attached hydrogens (primary N) is 2. The zero-order valence-electron chi connectivity index (χ0n) is 32.5. The van der Waals surface area contributed by atoms with Crippen LogP contribution in [0.4, 0.5) is 11.9 Å². The average molecular weight is 778 g/mol. The third-order valence-corrected chi connectivity index (χ3v) is 10.1. The van der Waals surface area contributed by atoms with Crippen molar-refractivity contribution in [1.82, 2.24) is 43.6 Å². The van der Waals surface area contributed by atoms with Crippen molar-refractivity contribution in [2.75, 3.05) is 36.9 Å². The molecular weight excluding hydrogens is 731 g/mol. The number of hydrogen-bond donors (Lipinski definition) is 4. The van der Waals surface area contributed by atoms with Crippen molar-refractivity contribution in [3.63, 3.8) is 0 Å². The summed E-state index contributed by atoms with van der Waals surface area (Å²) in [6.07, 6.45) is 1.23. The fourth-order valence-electron chi connectivity index (χ4n) is 7.35. The highest BCUT2D eigenvalue weighted by Gasteiger charge is 2.24. The first kappa shape index (κ1) is 38.9. The molecule has 0 bridgehead atoms. The van der Waals surface area contributed by atoms with Crippen LogP contribution in [0.2, 0.25) is 0 Å². The van der Waals surface area contributed by atoms with Crippen LogP contribution < -0.4 is 22.1 Å². The number of carbonyl (C=O) groups excluding carboxylic acids is 4. The van der Waals surface area contributed by atoms with Gasteiger partial charge in [0.15, 0.2) is 0 Å². The maximum absolute atomic E-state index is 13.8. The quantitative estimate of drug-likeness (QED) is 0.111. The SMILES string of the molecule is CCn1nc(C)cc1C(=O)Nc1nc2cc(C(N)=O)ccc2n1CCCCn1c(NC(=O)c2cc(C)nn2CC)nc2cc(C(N)=O)cc(CN3CCOCC3)c21. The predicted molar refractivity (Wildman–Crippen MR) is 213 cm³/mol. The molecule has 0 radical (unpaired) electrons. The second-order valence-electron chi connectivity index (χ2n) is 14.1. The summed E-state index contributed by atoms with van der Waals surface area (Å²) in [5.74, 6) is -1.25. The van der Waals surface area contributed by atoms with Gasteiger partial charge in [-0.1, -0.05) is 0 Å². The molecule has 0 spiro atoms. The third-order valence-electron chi connectivity index (χ3n) is 10.1. The van der Waals surface area contributed by atoms with Crippen molar-refractivity contribution in [2.24, 2.45) is 11.5 Å². The number of imidazole rings is 2. The Morgan fingerprint density at radius 3 is 1.84 bits per heavy atom. The van der Waals surface area contributed by atoms with Gasteiger partial charge in [0.1, 0.15) is 11.4 Å². The lowest BCUT2D eigenvalue weighted by Crippen LogP contribution is -2.35. The van der Waals surface area contributed by atoms with Gasteiger partial charge in [0, 0.05) is 56.9 Å². The number of ether oxygens (including phenoxy) is 1. The lowest BCUT2D eigenvalue weighted by molar-refractivity contribution is 0.0343. The van der Waals surface area contributed by atoms with Gasteiger partial charge in [0.2, 0.25) is 23.7 Å². The van der Waals surface area contributed by atoms with E-state index >= 15 is 0 Å². The van der Waals surface area contributed by atoms with Gasteiger partial charge in [-0.2, -0.15) is 10.2 Å². The molecule has 6 aromatic rings. The van der Waals surface area contributed by atoms with E-state index in [-0.39, 0.29) is 11.8 Å². The van der Waals surface area contributed by atoms with Gasteiger partial charge in [0.25, 0.3) is 11.8 Å². The van der Waals surface area contributed by atoms with Crippen LogP contribution in [0, 0.1) is 13.8 Å². The molecule has 1 saturated heterocycles. The molecule has 0 unspecified atom stereocenters. The van der Waals surface area contributed by atoms with Crippen molar-refractivity contribution in [3.05, 3.63) is 81.9 Å². The summed E-state index contributed by atoms with van der Waals surface area (Å²) in [7, 11) is 0. The molecule has 2 aromatic carbocycles. The molecule has 1 aliphatic heterocycles. The molecule has 57 heavy (non-hydrogen) atoms. The topological polar surface area (TPSA) is 228 Å². The van der Waals surface area contributed by atoms with Crippen molar-refractivity contribution in [2.45, 2.75) is 73.3 Å². The number of nitrogens with zero attached hydrogens (tertiary/aromatic N) is 9. The molecule has 0 saturated carbocycles. The summed E-state index contributed by atoms with van der Waals surface area (Å²) in [6, 6.07) is 11.9. The Kier molecular flexibility index (Phi) is 11.2. The summed E-state index contributed by atoms with van der Waals surface area (Å²) in [4.78, 5) is 63.7. The van der Waals surface area contributed by atoms with E-state index in [9.17, 15) is 19.2 Å². The molecule has 18 nitrogen and oxygen atoms in total. The average Bonchev–Trinajstić information content (AvgIpc) is 3.95. The molecule has 1 fully saturated rings. The van der Waals surface area contributed by atoms with Gasteiger partial charge in [-0.05, 0) is 88.6 Å². The highest BCUT2D eigenvalue weighted by Crippen LogP contribution is 2.29. The zero-order valence-corrected chi connectivity index (χ0v) is 32.5. The largest absolute Gasteiger partial charge is 0.379 e. The van der Waals surface area contributed by atoms with Gasteiger partial charge in [-0.25, -0.2) is 9.97 Å². The second kappa shape index (κ2) is 16.4. The minimum atomic E-state index is -0.583. The lowest BCUT2D eigenvalue weighted by atomic mass is 10.1. The van der Waals surface area contributed by atoms with Crippen LogP contribution in [-0.4, -0.2) is 93.5 Å². The van der Waals surface area contributed by atoms with Gasteiger partial charge in [-0.3, -0.25) is 44.1 Å². The van der Waals surface area contributed by atoms with Crippen LogP contribution >= 0.6 is 0 Å². The number of amides is 4. The van der Waals surface area contributed by atoms with Crippen molar-refractivity contribution in [1.29, 1.82) is 0 Å². The normalized spacial score (nSPS) is 13.4. The first-order valence-corrected chi connectivity index (χ1v) is 19.1. The molecule has 4 amide bonds. The van der Waals surface area contributed by atoms with E-state index in [1.807, 2.05) is 36.8 Å². The number of hydrogen-bond acceptors (Lipinski definition) is 10. The molecule has 0 aliphatic carbocycles. The van der Waals surface area contributed by atoms with Crippen LogP contribution in [0.15, 0.2) is 42.5 Å². The zero-order chi connectivity index (χ0) is 40.4. The monoisotopic (exact) mass is 777 g/mol.